The number of aromatic nitrogens is 2. The largest absolute Gasteiger partial charge is 0.507 e. The molecule has 0 atom stereocenters. The van der Waals surface area contributed by atoms with Crippen LogP contribution in [-0.2, 0) is 27.5 Å². The maximum atomic E-state index is 10.7. The average molecular weight is 700 g/mol. The van der Waals surface area contributed by atoms with Crippen LogP contribution in [0.1, 0.15) is 11.1 Å². The third-order valence-corrected chi connectivity index (χ3v) is 6.53. The molecule has 40 heavy (non-hydrogen) atoms. The Balaban J connectivity index is 0.00000323. The average Bonchev–Trinajstić information content (AvgIpc) is 3.00. The maximum Gasteiger partial charge on any atom is 0.136 e. The van der Waals surface area contributed by atoms with Crippen LogP contribution in [0.15, 0.2) is 140 Å². The molecule has 0 saturated carbocycles. The molecule has 0 amide bonds. The number of anilines is 3. The first-order valence-electron chi connectivity index (χ1n) is 12.9. The van der Waals surface area contributed by atoms with Crippen LogP contribution in [0.25, 0.3) is 22.5 Å². The van der Waals surface area contributed by atoms with Gasteiger partial charge in [-0.3, -0.25) is 4.98 Å². The number of phenols is 1. The van der Waals surface area contributed by atoms with E-state index in [0.29, 0.717) is 11.3 Å². The summed E-state index contributed by atoms with van der Waals surface area (Å²) < 4.78 is 0. The number of hydrogen-bond acceptors (Lipinski definition) is 4. The van der Waals surface area contributed by atoms with Gasteiger partial charge < -0.3 is 10.0 Å². The van der Waals surface area contributed by atoms with E-state index in [2.05, 4.69) is 40.2 Å². The molecule has 0 aliphatic carbocycles. The molecule has 0 aliphatic heterocycles. The van der Waals surface area contributed by atoms with Crippen molar-refractivity contribution in [2.45, 2.75) is 6.42 Å². The number of phenolic OH excluding ortho intramolecular Hbond substituents is 1. The van der Waals surface area contributed by atoms with Gasteiger partial charge >= 0.3 is 0 Å². The van der Waals surface area contributed by atoms with Crippen LogP contribution < -0.4 is 4.90 Å². The summed E-state index contributed by atoms with van der Waals surface area (Å²) in [4.78, 5) is 11.6. The Hall–Kier alpha value is -4.53. The van der Waals surface area contributed by atoms with Gasteiger partial charge in [-0.05, 0) is 71.4 Å². The smallest absolute Gasteiger partial charge is 0.136 e. The van der Waals surface area contributed by atoms with Gasteiger partial charge in [0.25, 0.3) is 0 Å². The third kappa shape index (κ3) is 6.03. The van der Waals surface area contributed by atoms with E-state index in [-0.39, 0.29) is 26.8 Å². The predicted molar refractivity (Wildman–Crippen MR) is 157 cm³/mol. The summed E-state index contributed by atoms with van der Waals surface area (Å²) in [5.74, 6) is 1.01. The Labute approximate surface area is 248 Å². The number of para-hydroxylation sites is 1. The maximum absolute atomic E-state index is 10.7. The van der Waals surface area contributed by atoms with Crippen LogP contribution >= 0.6 is 0 Å². The number of hydrogen-bond donors (Lipinski definition) is 1. The number of benzene rings is 4. The molecule has 2 aromatic heterocycles. The van der Waals surface area contributed by atoms with E-state index in [1.54, 1.807) is 12.3 Å². The fourth-order valence-corrected chi connectivity index (χ4v) is 4.66. The molecule has 198 valence electrons. The monoisotopic (exact) mass is 699 g/mol. The SMILES string of the molecule is Oc1ccc(Cc2ccccc2)cc1-c1cccc(-c2[c-]c(N(c3ccccc3)c3ccccn3)ccc2)n1.[Pt]. The fraction of sp³-hybridized carbons (Fsp3) is 0.0286. The second-order valence-corrected chi connectivity index (χ2v) is 9.23. The van der Waals surface area contributed by atoms with Crippen molar-refractivity contribution >= 4 is 17.2 Å². The molecule has 0 radical (unpaired) electrons. The van der Waals surface area contributed by atoms with E-state index in [1.807, 2.05) is 103 Å². The Morgan fingerprint density at radius 1 is 0.650 bits per heavy atom. The van der Waals surface area contributed by atoms with Crippen molar-refractivity contribution in [3.8, 4) is 28.3 Å². The van der Waals surface area contributed by atoms with Crippen LogP contribution in [-0.4, -0.2) is 15.1 Å². The first-order chi connectivity index (χ1) is 19.2. The molecule has 0 fully saturated rings. The van der Waals surface area contributed by atoms with Crippen LogP contribution in [0.2, 0.25) is 0 Å². The molecule has 4 nitrogen and oxygen atoms in total. The van der Waals surface area contributed by atoms with Gasteiger partial charge in [-0.15, -0.1) is 29.8 Å². The van der Waals surface area contributed by atoms with E-state index < -0.39 is 0 Å². The van der Waals surface area contributed by atoms with Gasteiger partial charge in [0.05, 0.1) is 5.69 Å². The van der Waals surface area contributed by atoms with Gasteiger partial charge in [0.15, 0.2) is 0 Å². The number of nitrogens with zero attached hydrogens (tertiary/aromatic N) is 3. The zero-order chi connectivity index (χ0) is 26.4. The standard InChI is InChI=1S/C35H26N3O.Pt/c39-34-21-20-27(23-26-11-3-1-4-12-26)24-31(34)33-18-10-17-32(37-33)28-13-9-16-30(25-28)38(29-14-5-2-6-15-29)35-19-7-8-22-36-35;/h1-22,24,39H,23H2;/q-1;. The number of pyridine rings is 2. The van der Waals surface area contributed by atoms with Crippen molar-refractivity contribution in [2.75, 3.05) is 4.90 Å². The van der Waals surface area contributed by atoms with Gasteiger partial charge in [-0.25, -0.2) is 4.98 Å². The van der Waals surface area contributed by atoms with E-state index in [1.165, 1.54) is 5.56 Å². The Kier molecular flexibility index (Phi) is 8.49. The zero-order valence-electron chi connectivity index (χ0n) is 21.6. The van der Waals surface area contributed by atoms with Gasteiger partial charge in [-0.1, -0.05) is 72.8 Å². The van der Waals surface area contributed by atoms with Crippen molar-refractivity contribution in [3.63, 3.8) is 0 Å². The number of aromatic hydroxyl groups is 1. The molecule has 0 saturated heterocycles. The normalized spacial score (nSPS) is 10.5. The molecule has 4 aromatic carbocycles. The molecule has 0 unspecified atom stereocenters. The van der Waals surface area contributed by atoms with Crippen LogP contribution in [0, 0.1) is 6.07 Å². The summed E-state index contributed by atoms with van der Waals surface area (Å²) >= 11 is 0. The number of rotatable bonds is 7. The van der Waals surface area contributed by atoms with Gasteiger partial charge in [-0.2, -0.15) is 0 Å². The molecular weight excluding hydrogens is 673 g/mol. The van der Waals surface area contributed by atoms with Gasteiger partial charge in [0.1, 0.15) is 11.6 Å². The summed E-state index contributed by atoms with van der Waals surface area (Å²) in [5, 5.41) is 10.7. The quantitative estimate of drug-likeness (QED) is 0.170. The predicted octanol–water partition coefficient (Wildman–Crippen LogP) is 8.37. The van der Waals surface area contributed by atoms with Gasteiger partial charge in [0, 0.05) is 38.5 Å². The van der Waals surface area contributed by atoms with Crippen molar-refractivity contribution in [2.24, 2.45) is 0 Å². The van der Waals surface area contributed by atoms with Crippen LogP contribution in [0.3, 0.4) is 0 Å². The molecule has 0 aliphatic rings. The van der Waals surface area contributed by atoms with Crippen LogP contribution in [0.4, 0.5) is 17.2 Å². The minimum Gasteiger partial charge on any atom is -0.507 e. The van der Waals surface area contributed by atoms with E-state index in [4.69, 9.17) is 4.98 Å². The Morgan fingerprint density at radius 3 is 2.15 bits per heavy atom. The summed E-state index contributed by atoms with van der Waals surface area (Å²) in [7, 11) is 0. The van der Waals surface area contributed by atoms with E-state index in [0.717, 1.165) is 40.4 Å². The molecule has 0 bridgehead atoms. The van der Waals surface area contributed by atoms with Crippen molar-refractivity contribution in [1.29, 1.82) is 0 Å². The Bertz CT molecular complexity index is 1650. The van der Waals surface area contributed by atoms with Crippen molar-refractivity contribution < 1.29 is 26.2 Å². The molecule has 1 N–H and O–H groups in total. The third-order valence-electron chi connectivity index (χ3n) is 6.53. The molecule has 6 aromatic rings. The second-order valence-electron chi connectivity index (χ2n) is 9.23. The summed E-state index contributed by atoms with van der Waals surface area (Å²) in [6.07, 6.45) is 2.57. The molecular formula is C35H26N3OPt-. The fourth-order valence-electron chi connectivity index (χ4n) is 4.66. The molecule has 6 rings (SSSR count). The molecule has 5 heteroatoms. The minimum atomic E-state index is 0. The zero-order valence-corrected chi connectivity index (χ0v) is 23.9. The van der Waals surface area contributed by atoms with Crippen molar-refractivity contribution in [3.05, 3.63) is 157 Å². The first kappa shape index (κ1) is 27.1. The molecule has 0 spiro atoms. The first-order valence-corrected chi connectivity index (χ1v) is 12.9. The second kappa shape index (κ2) is 12.5. The summed E-state index contributed by atoms with van der Waals surface area (Å²) in [5.41, 5.74) is 7.23. The van der Waals surface area contributed by atoms with Crippen molar-refractivity contribution in [1.82, 2.24) is 9.97 Å². The van der Waals surface area contributed by atoms with E-state index >= 15 is 0 Å². The molecule has 2 heterocycles. The van der Waals surface area contributed by atoms with Crippen LogP contribution in [0.5, 0.6) is 5.75 Å². The summed E-state index contributed by atoms with van der Waals surface area (Å²) in [6, 6.07) is 47.5. The Morgan fingerprint density at radius 2 is 1.38 bits per heavy atom. The minimum absolute atomic E-state index is 0. The van der Waals surface area contributed by atoms with E-state index in [9.17, 15) is 5.11 Å². The topological polar surface area (TPSA) is 49.2 Å². The summed E-state index contributed by atoms with van der Waals surface area (Å²) in [6.45, 7) is 0. The van der Waals surface area contributed by atoms with Gasteiger partial charge in [0.2, 0.25) is 0 Å².